The van der Waals surface area contributed by atoms with Gasteiger partial charge in [0.15, 0.2) is 11.4 Å². The van der Waals surface area contributed by atoms with Crippen molar-refractivity contribution in [3.8, 4) is 5.75 Å². The number of ether oxygens (including phenoxy) is 1. The second-order valence-electron chi connectivity index (χ2n) is 6.91. The molecule has 0 aliphatic heterocycles. The molecule has 0 amide bonds. The third kappa shape index (κ3) is 3.92. The van der Waals surface area contributed by atoms with Crippen molar-refractivity contribution in [2.24, 2.45) is 5.92 Å². The van der Waals surface area contributed by atoms with Gasteiger partial charge in [-0.15, -0.1) is 0 Å². The number of methoxy groups -OCH3 is 1. The van der Waals surface area contributed by atoms with Gasteiger partial charge in [0.2, 0.25) is 10.0 Å². The molecule has 144 valence electrons. The number of aromatic nitrogens is 3. The van der Waals surface area contributed by atoms with Crippen LogP contribution >= 0.6 is 0 Å². The highest BCUT2D eigenvalue weighted by atomic mass is 32.2. The average molecular weight is 390 g/mol. The van der Waals surface area contributed by atoms with E-state index in [2.05, 4.69) is 15.0 Å². The molecule has 1 saturated carbocycles. The largest absolute Gasteiger partial charge is 0.496 e. The third-order valence-electron chi connectivity index (χ3n) is 4.99. The minimum atomic E-state index is -3.49. The van der Waals surface area contributed by atoms with Crippen LogP contribution in [0.25, 0.3) is 11.0 Å². The van der Waals surface area contributed by atoms with E-state index in [1.807, 2.05) is 24.4 Å². The van der Waals surface area contributed by atoms with Gasteiger partial charge in [0.05, 0.1) is 19.4 Å². The number of fused-ring (bicyclic) bond motifs is 1. The summed E-state index contributed by atoms with van der Waals surface area (Å²) < 4.78 is 40.0. The summed E-state index contributed by atoms with van der Waals surface area (Å²) in [4.78, 5) is 0. The van der Waals surface area contributed by atoms with Crippen molar-refractivity contribution in [3.63, 3.8) is 0 Å². The fourth-order valence-corrected chi connectivity index (χ4v) is 4.47. The molecule has 27 heavy (non-hydrogen) atoms. The first kappa shape index (κ1) is 17.8. The first-order valence-corrected chi connectivity index (χ1v) is 10.6. The molecule has 1 aromatic carbocycles. The molecule has 8 nitrogen and oxygen atoms in total. The number of sulfonamides is 1. The molecule has 0 spiro atoms. The number of nitrogens with zero attached hydrogens (tertiary/aromatic N) is 3. The van der Waals surface area contributed by atoms with Crippen LogP contribution < -0.4 is 9.46 Å². The summed E-state index contributed by atoms with van der Waals surface area (Å²) in [5, 5.41) is 8.63. The van der Waals surface area contributed by atoms with Crippen molar-refractivity contribution in [2.45, 2.75) is 32.2 Å². The van der Waals surface area contributed by atoms with Gasteiger partial charge < -0.3 is 9.26 Å². The maximum absolute atomic E-state index is 12.4. The smallest absolute Gasteiger partial charge is 0.233 e. The molecule has 0 radical (unpaired) electrons. The zero-order valence-electron chi connectivity index (χ0n) is 15.1. The van der Waals surface area contributed by atoms with Gasteiger partial charge in [-0.3, -0.25) is 9.40 Å². The van der Waals surface area contributed by atoms with Gasteiger partial charge in [-0.05, 0) is 36.1 Å². The van der Waals surface area contributed by atoms with E-state index in [9.17, 15) is 8.42 Å². The highest BCUT2D eigenvalue weighted by Gasteiger charge is 2.23. The normalized spacial score (nSPS) is 15.0. The van der Waals surface area contributed by atoms with E-state index in [0.29, 0.717) is 35.6 Å². The Kier molecular flexibility index (Phi) is 4.77. The maximum Gasteiger partial charge on any atom is 0.233 e. The standard InChI is InChI=1S/C18H22N4O4S/c1-25-15-10-14(12-22-8-3-7-19-22)11-16-17(15)18(20-26-16)21-27(23,24)9-6-13-4-2-5-13/h3,7-8,10-11,13H,2,4-6,9,12H2,1H3,(H,20,21). The highest BCUT2D eigenvalue weighted by molar-refractivity contribution is 7.92. The topological polar surface area (TPSA) is 99.2 Å². The molecule has 1 fully saturated rings. The Hall–Kier alpha value is -2.55. The molecule has 4 rings (SSSR count). The molecule has 0 atom stereocenters. The van der Waals surface area contributed by atoms with Crippen LogP contribution in [0.1, 0.15) is 31.2 Å². The van der Waals surface area contributed by atoms with E-state index in [4.69, 9.17) is 9.26 Å². The first-order valence-electron chi connectivity index (χ1n) is 8.98. The molecule has 0 unspecified atom stereocenters. The predicted octanol–water partition coefficient (Wildman–Crippen LogP) is 3.01. The van der Waals surface area contributed by atoms with E-state index >= 15 is 0 Å². The van der Waals surface area contributed by atoms with E-state index < -0.39 is 10.0 Å². The zero-order valence-corrected chi connectivity index (χ0v) is 15.9. The number of anilines is 1. The van der Waals surface area contributed by atoms with Crippen molar-refractivity contribution >= 4 is 26.8 Å². The number of rotatable bonds is 8. The SMILES string of the molecule is COc1cc(Cn2cccn2)cc2onc(NS(=O)(=O)CCC3CCC3)c12. The van der Waals surface area contributed by atoms with Crippen molar-refractivity contribution in [3.05, 3.63) is 36.2 Å². The quantitative estimate of drug-likeness (QED) is 0.635. The van der Waals surface area contributed by atoms with Gasteiger partial charge in [0.1, 0.15) is 11.1 Å². The number of hydrogen-bond donors (Lipinski definition) is 1. The van der Waals surface area contributed by atoms with Crippen LogP contribution in [0.4, 0.5) is 5.82 Å². The molecular weight excluding hydrogens is 368 g/mol. The van der Waals surface area contributed by atoms with Crippen molar-refractivity contribution in [2.75, 3.05) is 17.6 Å². The highest BCUT2D eigenvalue weighted by Crippen LogP contribution is 2.35. The summed E-state index contributed by atoms with van der Waals surface area (Å²) in [7, 11) is -1.95. The summed E-state index contributed by atoms with van der Waals surface area (Å²) in [6.07, 6.45) is 7.68. The molecule has 2 heterocycles. The molecule has 1 aliphatic rings. The van der Waals surface area contributed by atoms with Crippen LogP contribution in [0.3, 0.4) is 0 Å². The molecule has 0 bridgehead atoms. The second kappa shape index (κ2) is 7.22. The van der Waals surface area contributed by atoms with Crippen LogP contribution in [-0.2, 0) is 16.6 Å². The lowest BCUT2D eigenvalue weighted by Crippen LogP contribution is -2.21. The van der Waals surface area contributed by atoms with Crippen LogP contribution in [0.2, 0.25) is 0 Å². The average Bonchev–Trinajstić information content (AvgIpc) is 3.22. The van der Waals surface area contributed by atoms with Gasteiger partial charge in [0.25, 0.3) is 0 Å². The monoisotopic (exact) mass is 390 g/mol. The lowest BCUT2D eigenvalue weighted by molar-refractivity contribution is 0.307. The Morgan fingerprint density at radius 3 is 2.89 bits per heavy atom. The van der Waals surface area contributed by atoms with Crippen LogP contribution in [-0.4, -0.2) is 36.2 Å². The second-order valence-corrected chi connectivity index (χ2v) is 8.75. The molecule has 1 aliphatic carbocycles. The predicted molar refractivity (Wildman–Crippen MR) is 101 cm³/mol. The van der Waals surface area contributed by atoms with E-state index in [1.54, 1.807) is 10.9 Å². The first-order chi connectivity index (χ1) is 13.0. The van der Waals surface area contributed by atoms with Crippen LogP contribution in [0, 0.1) is 5.92 Å². The Bertz CT molecular complexity index is 1020. The number of benzene rings is 1. The van der Waals surface area contributed by atoms with Crippen molar-refractivity contribution < 1.29 is 17.7 Å². The van der Waals surface area contributed by atoms with E-state index in [-0.39, 0.29) is 11.6 Å². The third-order valence-corrected chi connectivity index (χ3v) is 6.27. The lowest BCUT2D eigenvalue weighted by Gasteiger charge is -2.24. The lowest BCUT2D eigenvalue weighted by atomic mass is 9.84. The maximum atomic E-state index is 12.4. The summed E-state index contributed by atoms with van der Waals surface area (Å²) in [5.74, 6) is 1.29. The minimum absolute atomic E-state index is 0.0890. The van der Waals surface area contributed by atoms with E-state index in [0.717, 1.165) is 18.4 Å². The van der Waals surface area contributed by atoms with Crippen molar-refractivity contribution in [1.29, 1.82) is 0 Å². The summed E-state index contributed by atoms with van der Waals surface area (Å²) >= 11 is 0. The summed E-state index contributed by atoms with van der Waals surface area (Å²) in [6.45, 7) is 0.544. The Morgan fingerprint density at radius 2 is 2.22 bits per heavy atom. The van der Waals surface area contributed by atoms with Gasteiger partial charge >= 0.3 is 0 Å². The van der Waals surface area contributed by atoms with Crippen molar-refractivity contribution in [1.82, 2.24) is 14.9 Å². The fourth-order valence-electron chi connectivity index (χ4n) is 3.29. The number of hydrogen-bond acceptors (Lipinski definition) is 6. The summed E-state index contributed by atoms with van der Waals surface area (Å²) in [5.41, 5.74) is 1.38. The number of nitrogens with one attached hydrogen (secondary N) is 1. The molecule has 3 aromatic rings. The summed E-state index contributed by atoms with van der Waals surface area (Å²) in [6, 6.07) is 5.51. The van der Waals surface area contributed by atoms with Gasteiger partial charge in [-0.2, -0.15) is 5.10 Å². The molecular formula is C18H22N4O4S. The molecule has 0 saturated heterocycles. The molecule has 1 N–H and O–H groups in total. The van der Waals surface area contributed by atoms with Crippen LogP contribution in [0.5, 0.6) is 5.75 Å². The van der Waals surface area contributed by atoms with Crippen LogP contribution in [0.15, 0.2) is 35.1 Å². The van der Waals surface area contributed by atoms with E-state index in [1.165, 1.54) is 13.5 Å². The zero-order chi connectivity index (χ0) is 18.9. The Morgan fingerprint density at radius 1 is 1.37 bits per heavy atom. The minimum Gasteiger partial charge on any atom is -0.496 e. The van der Waals surface area contributed by atoms with Gasteiger partial charge in [0, 0.05) is 12.4 Å². The Labute approximate surface area is 157 Å². The fraction of sp³-hybridized carbons (Fsp3) is 0.444. The van der Waals surface area contributed by atoms with Gasteiger partial charge in [-0.25, -0.2) is 8.42 Å². The van der Waals surface area contributed by atoms with Gasteiger partial charge in [-0.1, -0.05) is 24.4 Å². The Balaban J connectivity index is 1.58. The molecule has 2 aromatic heterocycles. The molecule has 9 heteroatoms.